The van der Waals surface area contributed by atoms with Crippen LogP contribution in [0, 0.1) is 5.92 Å². The molecule has 1 amide bonds. The molecule has 2 N–H and O–H groups in total. The van der Waals surface area contributed by atoms with Crippen molar-refractivity contribution < 1.29 is 9.90 Å². The molecule has 0 saturated carbocycles. The van der Waals surface area contributed by atoms with Crippen molar-refractivity contribution in [2.75, 3.05) is 6.54 Å². The summed E-state index contributed by atoms with van der Waals surface area (Å²) >= 11 is 0. The second-order valence-corrected chi connectivity index (χ2v) is 5.75. The molecule has 0 radical (unpaired) electrons. The summed E-state index contributed by atoms with van der Waals surface area (Å²) in [6.45, 7) is 8.47. The summed E-state index contributed by atoms with van der Waals surface area (Å²) in [4.78, 5) is 12.1. The molecule has 0 aliphatic carbocycles. The number of hydrogen-bond donors (Lipinski definition) is 2. The van der Waals surface area contributed by atoms with Crippen LogP contribution < -0.4 is 5.32 Å². The van der Waals surface area contributed by atoms with Gasteiger partial charge in [-0.1, -0.05) is 38.1 Å². The van der Waals surface area contributed by atoms with Crippen LogP contribution in [0.4, 0.5) is 0 Å². The molecule has 0 fully saturated rings. The normalized spacial score (nSPS) is 15.4. The number of rotatable bonds is 7. The maximum Gasteiger partial charge on any atom is 0.227 e. The van der Waals surface area contributed by atoms with Crippen LogP contribution in [0.3, 0.4) is 0 Å². The van der Waals surface area contributed by atoms with Crippen molar-refractivity contribution in [2.24, 2.45) is 5.92 Å². The predicted octanol–water partition coefficient (Wildman–Crippen LogP) is 2.88. The highest BCUT2D eigenvalue weighted by Gasteiger charge is 2.16. The molecule has 0 heterocycles. The molecule has 20 heavy (non-hydrogen) atoms. The zero-order valence-electron chi connectivity index (χ0n) is 13.0. The van der Waals surface area contributed by atoms with E-state index in [-0.39, 0.29) is 23.8 Å². The van der Waals surface area contributed by atoms with Crippen molar-refractivity contribution >= 4 is 5.91 Å². The number of benzene rings is 1. The molecule has 1 rings (SSSR count). The molecule has 0 aliphatic rings. The fourth-order valence-electron chi connectivity index (χ4n) is 2.29. The quantitative estimate of drug-likeness (QED) is 0.805. The molecule has 112 valence electrons. The average molecular weight is 277 g/mol. The SMILES string of the molecule is CCc1ccc(C(C)C(=O)NCC(C)CC(C)O)cc1. The lowest BCUT2D eigenvalue weighted by molar-refractivity contribution is -0.122. The van der Waals surface area contributed by atoms with Gasteiger partial charge in [0.1, 0.15) is 0 Å². The lowest BCUT2D eigenvalue weighted by Crippen LogP contribution is -2.32. The Morgan fingerprint density at radius 2 is 1.80 bits per heavy atom. The van der Waals surface area contributed by atoms with Gasteiger partial charge in [-0.15, -0.1) is 0 Å². The molecule has 0 aromatic heterocycles. The van der Waals surface area contributed by atoms with Crippen LogP contribution in [0.5, 0.6) is 0 Å². The van der Waals surface area contributed by atoms with Gasteiger partial charge < -0.3 is 10.4 Å². The molecular formula is C17H27NO2. The average Bonchev–Trinajstić information content (AvgIpc) is 2.43. The number of nitrogens with one attached hydrogen (secondary N) is 1. The van der Waals surface area contributed by atoms with E-state index in [0.29, 0.717) is 13.0 Å². The Morgan fingerprint density at radius 1 is 1.20 bits per heavy atom. The standard InChI is InChI=1S/C17H27NO2/c1-5-15-6-8-16(9-7-15)14(4)17(20)18-11-12(2)10-13(3)19/h6-9,12-14,19H,5,10-11H2,1-4H3,(H,18,20). The van der Waals surface area contributed by atoms with Gasteiger partial charge in [0, 0.05) is 6.54 Å². The molecule has 0 spiro atoms. The van der Waals surface area contributed by atoms with E-state index in [1.807, 2.05) is 26.0 Å². The Kier molecular flexibility index (Phi) is 6.73. The van der Waals surface area contributed by atoms with E-state index in [0.717, 1.165) is 12.0 Å². The van der Waals surface area contributed by atoms with Crippen molar-refractivity contribution in [2.45, 2.75) is 52.6 Å². The molecule has 0 bridgehead atoms. The summed E-state index contributed by atoms with van der Waals surface area (Å²) in [6.07, 6.45) is 1.40. The highest BCUT2D eigenvalue weighted by atomic mass is 16.3. The Labute approximate surface area is 122 Å². The molecule has 0 aliphatic heterocycles. The van der Waals surface area contributed by atoms with Crippen LogP contribution in [0.1, 0.15) is 51.2 Å². The molecule has 3 atom stereocenters. The van der Waals surface area contributed by atoms with Crippen molar-refractivity contribution in [1.82, 2.24) is 5.32 Å². The van der Waals surface area contributed by atoms with E-state index in [1.54, 1.807) is 6.92 Å². The summed E-state index contributed by atoms with van der Waals surface area (Å²) in [5.41, 5.74) is 2.33. The van der Waals surface area contributed by atoms with E-state index in [1.165, 1.54) is 5.56 Å². The zero-order chi connectivity index (χ0) is 15.1. The van der Waals surface area contributed by atoms with Gasteiger partial charge in [-0.25, -0.2) is 0 Å². The summed E-state index contributed by atoms with van der Waals surface area (Å²) in [5, 5.41) is 12.3. The fourth-order valence-corrected chi connectivity index (χ4v) is 2.29. The van der Waals surface area contributed by atoms with Crippen LogP contribution in [0.25, 0.3) is 0 Å². The highest BCUT2D eigenvalue weighted by molar-refractivity contribution is 5.83. The van der Waals surface area contributed by atoms with Crippen LogP contribution in [0.2, 0.25) is 0 Å². The Bertz CT molecular complexity index is 412. The van der Waals surface area contributed by atoms with Crippen LogP contribution >= 0.6 is 0 Å². The Morgan fingerprint density at radius 3 is 2.30 bits per heavy atom. The number of carbonyl (C=O) groups excluding carboxylic acids is 1. The minimum absolute atomic E-state index is 0.0479. The summed E-state index contributed by atoms with van der Waals surface area (Å²) in [6, 6.07) is 8.22. The molecular weight excluding hydrogens is 250 g/mol. The third-order valence-electron chi connectivity index (χ3n) is 3.65. The number of hydrogen-bond acceptors (Lipinski definition) is 2. The first-order valence-corrected chi connectivity index (χ1v) is 7.48. The van der Waals surface area contributed by atoms with Gasteiger partial charge in [0.15, 0.2) is 0 Å². The lowest BCUT2D eigenvalue weighted by Gasteiger charge is -2.17. The number of aryl methyl sites for hydroxylation is 1. The maximum absolute atomic E-state index is 12.1. The van der Waals surface area contributed by atoms with Crippen molar-refractivity contribution in [3.8, 4) is 0 Å². The van der Waals surface area contributed by atoms with Crippen molar-refractivity contribution in [3.05, 3.63) is 35.4 Å². The third-order valence-corrected chi connectivity index (χ3v) is 3.65. The first-order valence-electron chi connectivity index (χ1n) is 7.48. The maximum atomic E-state index is 12.1. The van der Waals surface area contributed by atoms with Crippen LogP contribution in [0.15, 0.2) is 24.3 Å². The first kappa shape index (κ1) is 16.7. The van der Waals surface area contributed by atoms with Gasteiger partial charge in [0.05, 0.1) is 12.0 Å². The first-order chi connectivity index (χ1) is 9.43. The Balaban J connectivity index is 2.49. The van der Waals surface area contributed by atoms with Gasteiger partial charge in [-0.3, -0.25) is 4.79 Å². The summed E-state index contributed by atoms with van der Waals surface area (Å²) < 4.78 is 0. The largest absolute Gasteiger partial charge is 0.393 e. The molecule has 0 saturated heterocycles. The predicted molar refractivity (Wildman–Crippen MR) is 82.7 cm³/mol. The van der Waals surface area contributed by atoms with E-state index in [9.17, 15) is 9.90 Å². The number of aliphatic hydroxyl groups is 1. The Hall–Kier alpha value is -1.35. The van der Waals surface area contributed by atoms with Gasteiger partial charge in [-0.2, -0.15) is 0 Å². The molecule has 3 nitrogen and oxygen atoms in total. The van der Waals surface area contributed by atoms with Crippen LogP contribution in [-0.2, 0) is 11.2 Å². The lowest BCUT2D eigenvalue weighted by atomic mass is 9.98. The number of amides is 1. The van der Waals surface area contributed by atoms with Gasteiger partial charge >= 0.3 is 0 Å². The third kappa shape index (κ3) is 5.33. The molecule has 1 aromatic carbocycles. The van der Waals surface area contributed by atoms with E-state index >= 15 is 0 Å². The summed E-state index contributed by atoms with van der Waals surface area (Å²) in [7, 11) is 0. The topological polar surface area (TPSA) is 49.3 Å². The van der Waals surface area contributed by atoms with E-state index in [4.69, 9.17) is 0 Å². The minimum atomic E-state index is -0.319. The smallest absolute Gasteiger partial charge is 0.227 e. The second-order valence-electron chi connectivity index (χ2n) is 5.75. The zero-order valence-corrected chi connectivity index (χ0v) is 13.0. The van der Waals surface area contributed by atoms with E-state index < -0.39 is 0 Å². The minimum Gasteiger partial charge on any atom is -0.393 e. The van der Waals surface area contributed by atoms with Gasteiger partial charge in [-0.05, 0) is 43.7 Å². The number of aliphatic hydroxyl groups excluding tert-OH is 1. The monoisotopic (exact) mass is 277 g/mol. The summed E-state index contributed by atoms with van der Waals surface area (Å²) in [5.74, 6) is 0.194. The van der Waals surface area contributed by atoms with E-state index in [2.05, 4.69) is 24.4 Å². The molecule has 3 heteroatoms. The molecule has 3 unspecified atom stereocenters. The fraction of sp³-hybridized carbons (Fsp3) is 0.588. The van der Waals surface area contributed by atoms with Gasteiger partial charge in [0.2, 0.25) is 5.91 Å². The molecule has 1 aromatic rings. The highest BCUT2D eigenvalue weighted by Crippen LogP contribution is 2.16. The van der Waals surface area contributed by atoms with Gasteiger partial charge in [0.25, 0.3) is 0 Å². The van der Waals surface area contributed by atoms with Crippen LogP contribution in [-0.4, -0.2) is 23.7 Å². The van der Waals surface area contributed by atoms with Crippen molar-refractivity contribution in [3.63, 3.8) is 0 Å². The number of carbonyl (C=O) groups is 1. The second kappa shape index (κ2) is 8.05. The van der Waals surface area contributed by atoms with Crippen molar-refractivity contribution in [1.29, 1.82) is 0 Å².